The Balaban J connectivity index is 1.70. The minimum Gasteiger partial charge on any atom is -0.497 e. The fraction of sp³-hybridized carbons (Fsp3) is 0.474. The van der Waals surface area contributed by atoms with Crippen molar-refractivity contribution in [3.8, 4) is 11.6 Å². The van der Waals surface area contributed by atoms with Crippen LogP contribution in [-0.4, -0.2) is 48.7 Å². The molecular weight excluding hydrogens is 330 g/mol. The van der Waals surface area contributed by atoms with Crippen LogP contribution in [0, 0.1) is 0 Å². The zero-order valence-electron chi connectivity index (χ0n) is 15.4. The number of likely N-dealkylation sites (tertiary alicyclic amines) is 1. The molecule has 26 heavy (non-hydrogen) atoms. The summed E-state index contributed by atoms with van der Waals surface area (Å²) in [7, 11) is 3.28. The predicted molar refractivity (Wildman–Crippen MR) is 101 cm³/mol. The van der Waals surface area contributed by atoms with E-state index in [0.29, 0.717) is 24.3 Å². The van der Waals surface area contributed by atoms with E-state index < -0.39 is 0 Å². The molecule has 0 unspecified atom stereocenters. The number of nitrogen functional groups attached to an aromatic ring is 1. The van der Waals surface area contributed by atoms with Crippen molar-refractivity contribution in [2.75, 3.05) is 39.6 Å². The van der Waals surface area contributed by atoms with Gasteiger partial charge >= 0.3 is 0 Å². The molecule has 7 heteroatoms. The maximum atomic E-state index is 5.98. The van der Waals surface area contributed by atoms with Crippen LogP contribution in [0.5, 0.6) is 11.6 Å². The van der Waals surface area contributed by atoms with Gasteiger partial charge in [0, 0.05) is 19.1 Å². The molecule has 1 atom stereocenters. The van der Waals surface area contributed by atoms with Gasteiger partial charge in [0.05, 0.1) is 19.8 Å². The monoisotopic (exact) mass is 357 g/mol. The van der Waals surface area contributed by atoms with Gasteiger partial charge < -0.3 is 20.5 Å². The maximum absolute atomic E-state index is 5.98. The highest BCUT2D eigenvalue weighted by atomic mass is 16.5. The number of aromatic nitrogens is 2. The smallest absolute Gasteiger partial charge is 0.222 e. The molecule has 1 aliphatic rings. The number of ether oxygens (including phenoxy) is 2. The van der Waals surface area contributed by atoms with E-state index in [1.165, 1.54) is 24.7 Å². The van der Waals surface area contributed by atoms with Gasteiger partial charge in [-0.15, -0.1) is 0 Å². The van der Waals surface area contributed by atoms with E-state index in [0.717, 1.165) is 30.9 Å². The number of nitrogens with one attached hydrogen (secondary N) is 1. The molecule has 0 bridgehead atoms. The van der Waals surface area contributed by atoms with Crippen LogP contribution in [0.1, 0.15) is 30.0 Å². The van der Waals surface area contributed by atoms with Crippen LogP contribution in [0.3, 0.4) is 0 Å². The lowest BCUT2D eigenvalue weighted by Crippen LogP contribution is -2.34. The van der Waals surface area contributed by atoms with Crippen molar-refractivity contribution in [2.24, 2.45) is 0 Å². The number of rotatable bonds is 8. The molecule has 0 saturated carbocycles. The predicted octanol–water partition coefficient (Wildman–Crippen LogP) is 2.00. The Kier molecular flexibility index (Phi) is 6.25. The largest absolute Gasteiger partial charge is 0.497 e. The molecule has 3 rings (SSSR count). The van der Waals surface area contributed by atoms with Crippen molar-refractivity contribution in [3.05, 3.63) is 41.7 Å². The molecule has 3 N–H and O–H groups in total. The molecule has 1 fully saturated rings. The Morgan fingerprint density at radius 2 is 1.85 bits per heavy atom. The number of anilines is 1. The van der Waals surface area contributed by atoms with Gasteiger partial charge in [-0.25, -0.2) is 9.97 Å². The normalized spacial score (nSPS) is 15.8. The summed E-state index contributed by atoms with van der Waals surface area (Å²) < 4.78 is 10.6. The second-order valence-corrected chi connectivity index (χ2v) is 6.41. The quantitative estimate of drug-likeness (QED) is 0.747. The number of methoxy groups -OCH3 is 2. The van der Waals surface area contributed by atoms with Gasteiger partial charge in [0.1, 0.15) is 17.9 Å². The van der Waals surface area contributed by atoms with Gasteiger partial charge in [0.15, 0.2) is 0 Å². The van der Waals surface area contributed by atoms with Gasteiger partial charge in [0.25, 0.3) is 0 Å². The van der Waals surface area contributed by atoms with Crippen LogP contribution in [-0.2, 0) is 6.54 Å². The molecule has 0 aliphatic carbocycles. The Bertz CT molecular complexity index is 702. The zero-order valence-corrected chi connectivity index (χ0v) is 15.4. The van der Waals surface area contributed by atoms with Crippen LogP contribution < -0.4 is 20.5 Å². The van der Waals surface area contributed by atoms with Crippen LogP contribution in [0.4, 0.5) is 5.82 Å². The number of hydrogen-bond donors (Lipinski definition) is 2. The molecule has 0 spiro atoms. The first-order valence-corrected chi connectivity index (χ1v) is 8.95. The van der Waals surface area contributed by atoms with Gasteiger partial charge in [-0.2, -0.15) is 0 Å². The molecule has 1 aromatic carbocycles. The molecular formula is C19H27N5O2. The van der Waals surface area contributed by atoms with Crippen LogP contribution >= 0.6 is 0 Å². The van der Waals surface area contributed by atoms with E-state index in [1.807, 2.05) is 12.1 Å². The Morgan fingerprint density at radius 3 is 2.50 bits per heavy atom. The SMILES string of the molecule is COc1ccc([C@@H](CNCc2c(N)ncnc2OC)N2CCCC2)cc1. The first-order valence-electron chi connectivity index (χ1n) is 8.95. The second kappa shape index (κ2) is 8.82. The van der Waals surface area contributed by atoms with Crippen LogP contribution in [0.15, 0.2) is 30.6 Å². The molecule has 1 aromatic heterocycles. The summed E-state index contributed by atoms with van der Waals surface area (Å²) in [5.41, 5.74) is 8.06. The average Bonchev–Trinajstić information content (AvgIpc) is 3.20. The van der Waals surface area contributed by atoms with E-state index in [9.17, 15) is 0 Å². The van der Waals surface area contributed by atoms with Crippen molar-refractivity contribution in [1.82, 2.24) is 20.2 Å². The third-order valence-corrected chi connectivity index (χ3v) is 4.85. The summed E-state index contributed by atoms with van der Waals surface area (Å²) in [5.74, 6) is 1.85. The van der Waals surface area contributed by atoms with Gasteiger partial charge in [-0.3, -0.25) is 4.90 Å². The number of nitrogens with two attached hydrogens (primary N) is 1. The van der Waals surface area contributed by atoms with E-state index in [2.05, 4.69) is 32.3 Å². The van der Waals surface area contributed by atoms with Gasteiger partial charge in [-0.05, 0) is 43.6 Å². The lowest BCUT2D eigenvalue weighted by atomic mass is 10.0. The molecule has 7 nitrogen and oxygen atoms in total. The highest BCUT2D eigenvalue weighted by molar-refractivity contribution is 5.44. The van der Waals surface area contributed by atoms with Gasteiger partial charge in [0.2, 0.25) is 5.88 Å². The minimum atomic E-state index is 0.306. The maximum Gasteiger partial charge on any atom is 0.222 e. The van der Waals surface area contributed by atoms with E-state index in [4.69, 9.17) is 15.2 Å². The third kappa shape index (κ3) is 4.23. The average molecular weight is 357 g/mol. The first kappa shape index (κ1) is 18.4. The summed E-state index contributed by atoms with van der Waals surface area (Å²) in [6.45, 7) is 3.62. The fourth-order valence-corrected chi connectivity index (χ4v) is 3.42. The summed E-state index contributed by atoms with van der Waals surface area (Å²) >= 11 is 0. The molecule has 1 aliphatic heterocycles. The van der Waals surface area contributed by atoms with Crippen LogP contribution in [0.25, 0.3) is 0 Å². The minimum absolute atomic E-state index is 0.306. The molecule has 140 valence electrons. The summed E-state index contributed by atoms with van der Waals surface area (Å²) in [4.78, 5) is 10.7. The highest BCUT2D eigenvalue weighted by Gasteiger charge is 2.23. The molecule has 2 heterocycles. The number of nitrogens with zero attached hydrogens (tertiary/aromatic N) is 3. The lowest BCUT2D eigenvalue weighted by molar-refractivity contribution is 0.238. The number of benzene rings is 1. The van der Waals surface area contributed by atoms with Crippen molar-refractivity contribution in [2.45, 2.75) is 25.4 Å². The third-order valence-electron chi connectivity index (χ3n) is 4.85. The highest BCUT2D eigenvalue weighted by Crippen LogP contribution is 2.27. The van der Waals surface area contributed by atoms with Crippen molar-refractivity contribution >= 4 is 5.82 Å². The molecule has 1 saturated heterocycles. The lowest BCUT2D eigenvalue weighted by Gasteiger charge is -2.28. The van der Waals surface area contributed by atoms with E-state index in [1.54, 1.807) is 14.2 Å². The van der Waals surface area contributed by atoms with Crippen LogP contribution in [0.2, 0.25) is 0 Å². The van der Waals surface area contributed by atoms with Crippen molar-refractivity contribution in [3.63, 3.8) is 0 Å². The molecule has 2 aromatic rings. The second-order valence-electron chi connectivity index (χ2n) is 6.41. The van der Waals surface area contributed by atoms with E-state index in [-0.39, 0.29) is 0 Å². The summed E-state index contributed by atoms with van der Waals surface area (Å²) in [6, 6.07) is 8.63. The summed E-state index contributed by atoms with van der Waals surface area (Å²) in [5, 5.41) is 3.51. The molecule has 0 radical (unpaired) electrons. The standard InChI is InChI=1S/C19H27N5O2/c1-25-15-7-5-14(6-8-15)17(24-9-3-4-10-24)12-21-11-16-18(20)22-13-23-19(16)26-2/h5-8,13,17,21H,3-4,9-12H2,1-2H3,(H2,20,22,23)/t17-/m1/s1. The van der Waals surface area contributed by atoms with Gasteiger partial charge in [-0.1, -0.05) is 12.1 Å². The fourth-order valence-electron chi connectivity index (χ4n) is 3.42. The summed E-state index contributed by atoms with van der Waals surface area (Å²) in [6.07, 6.45) is 3.92. The van der Waals surface area contributed by atoms with Crippen molar-refractivity contribution in [1.29, 1.82) is 0 Å². The number of hydrogen-bond acceptors (Lipinski definition) is 7. The Hall–Kier alpha value is -2.38. The Labute approximate surface area is 154 Å². The zero-order chi connectivity index (χ0) is 18.4. The topological polar surface area (TPSA) is 85.5 Å². The molecule has 0 amide bonds. The Morgan fingerprint density at radius 1 is 1.12 bits per heavy atom. The van der Waals surface area contributed by atoms with E-state index >= 15 is 0 Å². The first-order chi connectivity index (χ1) is 12.7. The van der Waals surface area contributed by atoms with Crippen molar-refractivity contribution < 1.29 is 9.47 Å².